The highest BCUT2D eigenvalue weighted by Gasteiger charge is 2.18. The van der Waals surface area contributed by atoms with E-state index in [0.717, 1.165) is 31.4 Å². The minimum atomic E-state index is -0.627. The fourth-order valence-electron chi connectivity index (χ4n) is 2.71. The molecule has 3 rings (SSSR count). The van der Waals surface area contributed by atoms with Gasteiger partial charge >= 0.3 is 5.63 Å². The highest BCUT2D eigenvalue weighted by Crippen LogP contribution is 2.20. The van der Waals surface area contributed by atoms with E-state index in [-0.39, 0.29) is 5.91 Å². The number of ether oxygens (including phenoxy) is 2. The molecule has 1 aromatic carbocycles. The predicted molar refractivity (Wildman–Crippen MR) is 89.1 cm³/mol. The Balaban J connectivity index is 1.58. The first-order chi connectivity index (χ1) is 11.6. The Morgan fingerprint density at radius 2 is 2.04 bits per heavy atom. The van der Waals surface area contributed by atoms with Crippen LogP contribution in [-0.2, 0) is 9.53 Å². The van der Waals surface area contributed by atoms with Crippen LogP contribution in [0, 0.1) is 5.92 Å². The van der Waals surface area contributed by atoms with Crippen LogP contribution >= 0.6 is 0 Å². The van der Waals surface area contributed by atoms with E-state index in [4.69, 9.17) is 13.9 Å². The standard InChI is InChI=1S/C18H21NO5/c1-12(18(21)19-11-13-6-8-22-9-7-13)23-15-4-2-14-3-5-17(20)24-16(14)10-15/h2-5,10,12-13H,6-9,11H2,1H3,(H,19,21). The number of nitrogens with one attached hydrogen (secondary N) is 1. The normalized spacial score (nSPS) is 16.7. The molecule has 1 atom stereocenters. The lowest BCUT2D eigenvalue weighted by molar-refractivity contribution is -0.127. The molecule has 1 aliphatic rings. The van der Waals surface area contributed by atoms with Gasteiger partial charge in [0.05, 0.1) is 0 Å². The van der Waals surface area contributed by atoms with E-state index < -0.39 is 11.7 Å². The zero-order valence-electron chi connectivity index (χ0n) is 13.6. The lowest BCUT2D eigenvalue weighted by Gasteiger charge is -2.23. The molecule has 1 amide bonds. The van der Waals surface area contributed by atoms with Crippen molar-refractivity contribution in [2.24, 2.45) is 5.92 Å². The van der Waals surface area contributed by atoms with Crippen molar-refractivity contribution in [1.82, 2.24) is 5.32 Å². The predicted octanol–water partition coefficient (Wildman–Crippen LogP) is 2.10. The summed E-state index contributed by atoms with van der Waals surface area (Å²) in [5.74, 6) is 0.798. The number of amides is 1. The Hall–Kier alpha value is -2.34. The number of fused-ring (bicyclic) bond motifs is 1. The van der Waals surface area contributed by atoms with Crippen molar-refractivity contribution in [3.05, 3.63) is 40.8 Å². The van der Waals surface area contributed by atoms with Gasteiger partial charge in [0.1, 0.15) is 11.3 Å². The molecule has 0 bridgehead atoms. The summed E-state index contributed by atoms with van der Waals surface area (Å²) < 4.78 is 16.1. The summed E-state index contributed by atoms with van der Waals surface area (Å²) in [5.41, 5.74) is 0.0247. The van der Waals surface area contributed by atoms with E-state index in [1.807, 2.05) is 0 Å². The van der Waals surface area contributed by atoms with Crippen LogP contribution in [0.4, 0.5) is 0 Å². The summed E-state index contributed by atoms with van der Waals surface area (Å²) in [6.45, 7) is 3.86. The monoisotopic (exact) mass is 331 g/mol. The molecule has 1 N–H and O–H groups in total. The first kappa shape index (κ1) is 16.5. The molecule has 1 fully saturated rings. The van der Waals surface area contributed by atoms with Crippen LogP contribution < -0.4 is 15.7 Å². The molecule has 0 saturated carbocycles. The molecule has 1 aromatic heterocycles. The second-order valence-electron chi connectivity index (χ2n) is 6.02. The molecule has 6 nitrogen and oxygen atoms in total. The van der Waals surface area contributed by atoms with E-state index in [0.29, 0.717) is 23.8 Å². The molecule has 1 unspecified atom stereocenters. The molecule has 0 radical (unpaired) electrons. The highest BCUT2D eigenvalue weighted by molar-refractivity contribution is 5.81. The summed E-state index contributed by atoms with van der Waals surface area (Å²) in [6.07, 6.45) is 1.32. The van der Waals surface area contributed by atoms with E-state index in [9.17, 15) is 9.59 Å². The van der Waals surface area contributed by atoms with Crippen LogP contribution in [-0.4, -0.2) is 31.8 Å². The second kappa shape index (κ2) is 7.49. The highest BCUT2D eigenvalue weighted by atomic mass is 16.5. The molecule has 2 heterocycles. The lowest BCUT2D eigenvalue weighted by atomic mass is 10.0. The molecule has 1 saturated heterocycles. The average molecular weight is 331 g/mol. The van der Waals surface area contributed by atoms with Crippen LogP contribution in [0.5, 0.6) is 5.75 Å². The Morgan fingerprint density at radius 1 is 1.29 bits per heavy atom. The third-order valence-electron chi connectivity index (χ3n) is 4.18. The Morgan fingerprint density at radius 3 is 2.83 bits per heavy atom. The molecular weight excluding hydrogens is 310 g/mol. The largest absolute Gasteiger partial charge is 0.481 e. The number of rotatable bonds is 5. The minimum absolute atomic E-state index is 0.156. The first-order valence-corrected chi connectivity index (χ1v) is 8.18. The number of hydrogen-bond acceptors (Lipinski definition) is 5. The maximum absolute atomic E-state index is 12.2. The number of hydrogen-bond donors (Lipinski definition) is 1. The summed E-state index contributed by atoms with van der Waals surface area (Å²) in [4.78, 5) is 23.4. The van der Waals surface area contributed by atoms with E-state index >= 15 is 0 Å². The molecular formula is C18H21NO5. The van der Waals surface area contributed by atoms with E-state index in [2.05, 4.69) is 5.32 Å². The third-order valence-corrected chi connectivity index (χ3v) is 4.18. The molecule has 1 aliphatic heterocycles. The van der Waals surface area contributed by atoms with Gasteiger partial charge in [-0.25, -0.2) is 4.79 Å². The van der Waals surface area contributed by atoms with Crippen molar-refractivity contribution in [1.29, 1.82) is 0 Å². The van der Waals surface area contributed by atoms with Crippen molar-refractivity contribution in [2.75, 3.05) is 19.8 Å². The topological polar surface area (TPSA) is 77.8 Å². The third kappa shape index (κ3) is 4.14. The van der Waals surface area contributed by atoms with Crippen molar-refractivity contribution in [3.8, 4) is 5.75 Å². The number of carbonyl (C=O) groups is 1. The molecule has 128 valence electrons. The Kier molecular flexibility index (Phi) is 5.15. The maximum atomic E-state index is 12.2. The van der Waals surface area contributed by atoms with Crippen molar-refractivity contribution < 1.29 is 18.7 Å². The Labute approximate surface area is 139 Å². The van der Waals surface area contributed by atoms with Crippen molar-refractivity contribution in [3.63, 3.8) is 0 Å². The fourth-order valence-corrected chi connectivity index (χ4v) is 2.71. The SMILES string of the molecule is CC(Oc1ccc2ccc(=O)oc2c1)C(=O)NCC1CCOCC1. The zero-order valence-corrected chi connectivity index (χ0v) is 13.6. The lowest BCUT2D eigenvalue weighted by Crippen LogP contribution is -2.39. The number of carbonyl (C=O) groups excluding carboxylic acids is 1. The van der Waals surface area contributed by atoms with Gasteiger partial charge in [-0.3, -0.25) is 4.79 Å². The van der Waals surface area contributed by atoms with Crippen LogP contribution in [0.3, 0.4) is 0 Å². The van der Waals surface area contributed by atoms with Gasteiger partial charge in [0.15, 0.2) is 6.10 Å². The van der Waals surface area contributed by atoms with E-state index in [1.165, 1.54) is 6.07 Å². The van der Waals surface area contributed by atoms with Gasteiger partial charge in [-0.2, -0.15) is 0 Å². The van der Waals surface area contributed by atoms with Gasteiger partial charge in [0, 0.05) is 37.3 Å². The zero-order chi connectivity index (χ0) is 16.9. The molecule has 0 aliphatic carbocycles. The van der Waals surface area contributed by atoms with Gasteiger partial charge < -0.3 is 19.2 Å². The van der Waals surface area contributed by atoms with Crippen LogP contribution in [0.2, 0.25) is 0 Å². The van der Waals surface area contributed by atoms with Gasteiger partial charge in [0.2, 0.25) is 0 Å². The first-order valence-electron chi connectivity index (χ1n) is 8.18. The van der Waals surface area contributed by atoms with E-state index in [1.54, 1.807) is 31.2 Å². The summed E-state index contributed by atoms with van der Waals surface area (Å²) in [6, 6.07) is 8.23. The Bertz CT molecular complexity index is 763. The quantitative estimate of drug-likeness (QED) is 0.849. The van der Waals surface area contributed by atoms with Gasteiger partial charge in [0.25, 0.3) is 5.91 Å². The van der Waals surface area contributed by atoms with Crippen LogP contribution in [0.1, 0.15) is 19.8 Å². The molecule has 6 heteroatoms. The van der Waals surface area contributed by atoms with Gasteiger partial charge in [-0.1, -0.05) is 0 Å². The van der Waals surface area contributed by atoms with Crippen LogP contribution in [0.25, 0.3) is 11.0 Å². The maximum Gasteiger partial charge on any atom is 0.336 e. The smallest absolute Gasteiger partial charge is 0.336 e. The summed E-state index contributed by atoms with van der Waals surface area (Å²) in [7, 11) is 0. The molecule has 2 aromatic rings. The summed E-state index contributed by atoms with van der Waals surface area (Å²) >= 11 is 0. The average Bonchev–Trinajstić information content (AvgIpc) is 2.60. The molecule has 24 heavy (non-hydrogen) atoms. The summed E-state index contributed by atoms with van der Waals surface area (Å²) in [5, 5.41) is 3.73. The van der Waals surface area contributed by atoms with Crippen LogP contribution in [0.15, 0.2) is 39.5 Å². The number of benzene rings is 1. The minimum Gasteiger partial charge on any atom is -0.481 e. The van der Waals surface area contributed by atoms with Crippen molar-refractivity contribution >= 4 is 16.9 Å². The van der Waals surface area contributed by atoms with Crippen molar-refractivity contribution in [2.45, 2.75) is 25.9 Å². The molecule has 0 spiro atoms. The van der Waals surface area contributed by atoms with Gasteiger partial charge in [-0.05, 0) is 43.9 Å². The van der Waals surface area contributed by atoms with Gasteiger partial charge in [-0.15, -0.1) is 0 Å². The fraction of sp³-hybridized carbons (Fsp3) is 0.444. The second-order valence-corrected chi connectivity index (χ2v) is 6.02.